The van der Waals surface area contributed by atoms with E-state index in [1.807, 2.05) is 55.5 Å². The molecular weight excluding hydrogens is 256 g/mol. The molecule has 0 amide bonds. The van der Waals surface area contributed by atoms with Gasteiger partial charge in [-0.05, 0) is 25.0 Å². The van der Waals surface area contributed by atoms with Crippen molar-refractivity contribution in [1.29, 1.82) is 0 Å². The van der Waals surface area contributed by atoms with E-state index in [4.69, 9.17) is 12.2 Å². The summed E-state index contributed by atoms with van der Waals surface area (Å²) < 4.78 is 0. The first-order valence-electron chi connectivity index (χ1n) is 7.17. The van der Waals surface area contributed by atoms with Crippen molar-refractivity contribution in [2.75, 3.05) is 6.54 Å². The quantitative estimate of drug-likeness (QED) is 0.839. The standard InChI is InChI=1S/C11H13N.C8H11N/c1-3-9-12-10(2)11-7-5-4-6-8-11;1-7(9)8-5-3-2-4-6-8/h1,4-8,10,12H,9H2,2H3;2-7H,9H2,1H3. The molecule has 0 aliphatic carbocycles. The molecule has 0 bridgehead atoms. The largest absolute Gasteiger partial charge is 0.324 e. The molecule has 110 valence electrons. The Hall–Kier alpha value is -2.08. The highest BCUT2D eigenvalue weighted by Gasteiger charge is 2.00. The Balaban J connectivity index is 0.000000219. The lowest BCUT2D eigenvalue weighted by molar-refractivity contribution is 0.623. The van der Waals surface area contributed by atoms with Gasteiger partial charge in [0.05, 0.1) is 6.54 Å². The van der Waals surface area contributed by atoms with Crippen LogP contribution in [0.3, 0.4) is 0 Å². The molecule has 2 nitrogen and oxygen atoms in total. The van der Waals surface area contributed by atoms with Gasteiger partial charge >= 0.3 is 0 Å². The minimum atomic E-state index is 0.159. The molecule has 2 heteroatoms. The molecule has 2 aromatic rings. The third kappa shape index (κ3) is 6.76. The number of nitrogens with two attached hydrogens (primary N) is 1. The molecule has 0 aliphatic heterocycles. The fourth-order valence-corrected chi connectivity index (χ4v) is 1.83. The van der Waals surface area contributed by atoms with Crippen LogP contribution in [0, 0.1) is 12.3 Å². The smallest absolute Gasteiger partial charge is 0.0578 e. The lowest BCUT2D eigenvalue weighted by Gasteiger charge is -2.11. The van der Waals surface area contributed by atoms with Gasteiger partial charge in [-0.15, -0.1) is 6.42 Å². The summed E-state index contributed by atoms with van der Waals surface area (Å²) in [5, 5.41) is 3.21. The summed E-state index contributed by atoms with van der Waals surface area (Å²) in [6.07, 6.45) is 5.14. The minimum absolute atomic E-state index is 0.159. The molecule has 2 aromatic carbocycles. The molecule has 0 saturated carbocycles. The summed E-state index contributed by atoms with van der Waals surface area (Å²) in [4.78, 5) is 0. The van der Waals surface area contributed by atoms with Crippen LogP contribution in [0.4, 0.5) is 0 Å². The summed E-state index contributed by atoms with van der Waals surface area (Å²) in [5.74, 6) is 2.56. The molecule has 2 unspecified atom stereocenters. The van der Waals surface area contributed by atoms with E-state index in [-0.39, 0.29) is 6.04 Å². The first kappa shape index (κ1) is 17.0. The predicted octanol–water partition coefficient (Wildman–Crippen LogP) is 3.68. The highest BCUT2D eigenvalue weighted by molar-refractivity contribution is 5.18. The molecule has 0 saturated heterocycles. The van der Waals surface area contributed by atoms with Crippen LogP contribution >= 0.6 is 0 Å². The Morgan fingerprint density at radius 3 is 1.81 bits per heavy atom. The van der Waals surface area contributed by atoms with Crippen molar-refractivity contribution >= 4 is 0 Å². The molecule has 21 heavy (non-hydrogen) atoms. The van der Waals surface area contributed by atoms with E-state index < -0.39 is 0 Å². The van der Waals surface area contributed by atoms with Crippen molar-refractivity contribution in [2.24, 2.45) is 5.73 Å². The number of benzene rings is 2. The van der Waals surface area contributed by atoms with Crippen LogP contribution in [0.1, 0.15) is 37.1 Å². The van der Waals surface area contributed by atoms with E-state index >= 15 is 0 Å². The van der Waals surface area contributed by atoms with Gasteiger partial charge in [-0.1, -0.05) is 66.6 Å². The van der Waals surface area contributed by atoms with Crippen molar-refractivity contribution in [1.82, 2.24) is 5.32 Å². The Bertz CT molecular complexity index is 526. The highest BCUT2D eigenvalue weighted by Crippen LogP contribution is 2.10. The zero-order valence-electron chi connectivity index (χ0n) is 12.8. The average Bonchev–Trinajstić information content (AvgIpc) is 2.55. The minimum Gasteiger partial charge on any atom is -0.324 e. The van der Waals surface area contributed by atoms with Crippen LogP contribution in [0.2, 0.25) is 0 Å². The number of hydrogen-bond acceptors (Lipinski definition) is 2. The molecule has 0 aromatic heterocycles. The van der Waals surface area contributed by atoms with E-state index in [9.17, 15) is 0 Å². The van der Waals surface area contributed by atoms with Gasteiger partial charge in [-0.2, -0.15) is 0 Å². The van der Waals surface area contributed by atoms with Gasteiger partial charge in [0.1, 0.15) is 0 Å². The van der Waals surface area contributed by atoms with Crippen LogP contribution in [0.25, 0.3) is 0 Å². The normalized spacial score (nSPS) is 12.5. The van der Waals surface area contributed by atoms with E-state index in [0.717, 1.165) is 0 Å². The second-order valence-corrected chi connectivity index (χ2v) is 4.92. The average molecular weight is 280 g/mol. The van der Waals surface area contributed by atoms with E-state index in [0.29, 0.717) is 12.6 Å². The maximum absolute atomic E-state index is 5.61. The van der Waals surface area contributed by atoms with Gasteiger partial charge in [0, 0.05) is 12.1 Å². The number of hydrogen-bond donors (Lipinski definition) is 2. The molecular formula is C19H24N2. The van der Waals surface area contributed by atoms with Crippen molar-refractivity contribution < 1.29 is 0 Å². The third-order valence-electron chi connectivity index (χ3n) is 3.14. The number of nitrogens with one attached hydrogen (secondary N) is 1. The van der Waals surface area contributed by atoms with Crippen molar-refractivity contribution in [2.45, 2.75) is 25.9 Å². The Labute approximate surface area is 128 Å². The van der Waals surface area contributed by atoms with Gasteiger partial charge in [-0.3, -0.25) is 5.32 Å². The van der Waals surface area contributed by atoms with Crippen LogP contribution in [0.15, 0.2) is 60.7 Å². The van der Waals surface area contributed by atoms with Crippen molar-refractivity contribution in [3.05, 3.63) is 71.8 Å². The molecule has 0 heterocycles. The summed E-state index contributed by atoms with van der Waals surface area (Å²) in [6.45, 7) is 4.71. The second-order valence-electron chi connectivity index (χ2n) is 4.92. The second kappa shape index (κ2) is 9.77. The first-order valence-corrected chi connectivity index (χ1v) is 7.17. The molecule has 2 rings (SSSR count). The number of rotatable bonds is 4. The van der Waals surface area contributed by atoms with Gasteiger partial charge < -0.3 is 5.73 Å². The molecule has 0 fully saturated rings. The van der Waals surface area contributed by atoms with Gasteiger partial charge in [0.25, 0.3) is 0 Å². The van der Waals surface area contributed by atoms with Gasteiger partial charge in [-0.25, -0.2) is 0 Å². The molecule has 0 radical (unpaired) electrons. The van der Waals surface area contributed by atoms with Crippen LogP contribution in [-0.4, -0.2) is 6.54 Å². The Morgan fingerprint density at radius 2 is 1.43 bits per heavy atom. The van der Waals surface area contributed by atoms with Crippen molar-refractivity contribution in [3.63, 3.8) is 0 Å². The zero-order valence-corrected chi connectivity index (χ0v) is 12.8. The topological polar surface area (TPSA) is 38.0 Å². The van der Waals surface area contributed by atoms with Crippen molar-refractivity contribution in [3.8, 4) is 12.3 Å². The van der Waals surface area contributed by atoms with E-state index in [1.54, 1.807) is 0 Å². The fraction of sp³-hybridized carbons (Fsp3) is 0.263. The van der Waals surface area contributed by atoms with E-state index in [1.165, 1.54) is 11.1 Å². The summed E-state index contributed by atoms with van der Waals surface area (Å²) in [7, 11) is 0. The molecule has 0 spiro atoms. The summed E-state index contributed by atoms with van der Waals surface area (Å²) in [6, 6.07) is 20.8. The third-order valence-corrected chi connectivity index (χ3v) is 3.14. The van der Waals surface area contributed by atoms with Gasteiger partial charge in [0.15, 0.2) is 0 Å². The summed E-state index contributed by atoms with van der Waals surface area (Å²) in [5.41, 5.74) is 8.08. The molecule has 0 aliphatic rings. The maximum atomic E-state index is 5.61. The lowest BCUT2D eigenvalue weighted by atomic mass is 10.1. The Morgan fingerprint density at radius 1 is 0.952 bits per heavy atom. The van der Waals surface area contributed by atoms with Crippen LogP contribution < -0.4 is 11.1 Å². The first-order chi connectivity index (χ1) is 10.1. The SMILES string of the molecule is C#CCNC(C)c1ccccc1.CC(N)c1ccccc1. The van der Waals surface area contributed by atoms with Crippen LogP contribution in [-0.2, 0) is 0 Å². The Kier molecular flexibility index (Phi) is 7.89. The highest BCUT2D eigenvalue weighted by atomic mass is 14.9. The lowest BCUT2D eigenvalue weighted by Crippen LogP contribution is -2.18. The van der Waals surface area contributed by atoms with Gasteiger partial charge in [0.2, 0.25) is 0 Å². The molecule has 2 atom stereocenters. The summed E-state index contributed by atoms with van der Waals surface area (Å²) >= 11 is 0. The van der Waals surface area contributed by atoms with Crippen LogP contribution in [0.5, 0.6) is 0 Å². The van der Waals surface area contributed by atoms with E-state index in [2.05, 4.69) is 30.3 Å². The maximum Gasteiger partial charge on any atom is 0.0578 e. The zero-order chi connectivity index (χ0) is 15.5. The predicted molar refractivity (Wildman–Crippen MR) is 90.7 cm³/mol. The fourth-order valence-electron chi connectivity index (χ4n) is 1.83. The monoisotopic (exact) mass is 280 g/mol. The molecule has 3 N–H and O–H groups in total. The number of terminal acetylenes is 1.